The van der Waals surface area contributed by atoms with Gasteiger partial charge in [0.25, 0.3) is 40.5 Å². The van der Waals surface area contributed by atoms with Crippen molar-refractivity contribution in [1.82, 2.24) is 0 Å². The average Bonchev–Trinajstić information content (AvgIpc) is 0.762. The van der Waals surface area contributed by atoms with Crippen LogP contribution in [0.5, 0.6) is 0 Å². The van der Waals surface area contributed by atoms with Gasteiger partial charge in [-0.1, -0.05) is 70.8 Å². The Labute approximate surface area is 657 Å². The van der Waals surface area contributed by atoms with Crippen molar-refractivity contribution >= 4 is 40.5 Å². The summed E-state index contributed by atoms with van der Waals surface area (Å²) >= 11 is 0. The summed E-state index contributed by atoms with van der Waals surface area (Å²) in [7, 11) is -19.6. The molecule has 0 spiro atoms. The Morgan fingerprint density at radius 1 is 0.237 bits per heavy atom. The molecular formula is C72H100O38S4. The molecule has 0 aromatic heterocycles. The number of benzene rings is 4. The minimum atomic E-state index is -4.89. The number of aliphatic hydroxyl groups excluding tert-OH is 14. The van der Waals surface area contributed by atoms with Crippen LogP contribution >= 0.6 is 0 Å². The minimum Gasteiger partial charge on any atom is -0.394 e. The maximum atomic E-state index is 14.3. The van der Waals surface area contributed by atoms with Crippen LogP contribution in [0.3, 0.4) is 0 Å². The van der Waals surface area contributed by atoms with Crippen LogP contribution in [0.4, 0.5) is 0 Å². The van der Waals surface area contributed by atoms with Crippen LogP contribution in [-0.4, -0.2) is 329 Å². The van der Waals surface area contributed by atoms with E-state index in [0.29, 0.717) is 22.3 Å². The molecule has 42 heteroatoms. The van der Waals surface area contributed by atoms with Crippen LogP contribution < -0.4 is 0 Å². The first-order chi connectivity index (χ1) is 53.3. The molecule has 4 aromatic rings. The van der Waals surface area contributed by atoms with E-state index in [4.69, 9.17) is 73.6 Å². The molecule has 22 heterocycles. The highest BCUT2D eigenvalue weighted by Crippen LogP contribution is 2.41. The van der Waals surface area contributed by atoms with Gasteiger partial charge in [0.1, 0.15) is 146 Å². The van der Waals surface area contributed by atoms with E-state index in [1.807, 2.05) is 0 Å². The van der Waals surface area contributed by atoms with Gasteiger partial charge in [0, 0.05) is 0 Å². The van der Waals surface area contributed by atoms with Crippen LogP contribution in [-0.2, 0) is 114 Å². The zero-order valence-corrected chi connectivity index (χ0v) is 67.1. The summed E-state index contributed by atoms with van der Waals surface area (Å²) in [6.45, 7) is 11.2. The van der Waals surface area contributed by atoms with Gasteiger partial charge in [-0.2, -0.15) is 33.7 Å². The molecule has 4 aromatic carbocycles. The molecule has 12 bridgehead atoms. The molecule has 22 aliphatic heterocycles. The van der Waals surface area contributed by atoms with Crippen LogP contribution in [0.15, 0.2) is 68.1 Å². The summed E-state index contributed by atoms with van der Waals surface area (Å²) in [4.78, 5) is -1.31. The molecule has 22 fully saturated rings. The van der Waals surface area contributed by atoms with Gasteiger partial charge < -0.3 is 128 Å². The molecule has 38 nitrogen and oxygen atoms in total. The van der Waals surface area contributed by atoms with Gasteiger partial charge in [0.2, 0.25) is 0 Å². The number of aryl methyl sites for hydroxylation is 12. The molecule has 0 amide bonds. The van der Waals surface area contributed by atoms with E-state index in [0.717, 1.165) is 0 Å². The molecule has 0 unspecified atom stereocenters. The molecule has 640 valence electrons. The monoisotopic (exact) mass is 1700 g/mol. The Hall–Kier alpha value is -4.52. The minimum absolute atomic E-state index is 0.205. The maximum Gasteiger partial charge on any atom is 0.297 e. The van der Waals surface area contributed by atoms with E-state index in [2.05, 4.69) is 0 Å². The zero-order valence-electron chi connectivity index (χ0n) is 63.9. The summed E-state index contributed by atoms with van der Waals surface area (Å²) in [5.41, 5.74) is 4.27. The van der Waals surface area contributed by atoms with Crippen molar-refractivity contribution in [3.05, 3.63) is 115 Å². The summed E-state index contributed by atoms with van der Waals surface area (Å²) in [5.74, 6) is 0. The van der Waals surface area contributed by atoms with Crippen molar-refractivity contribution in [3.63, 3.8) is 0 Å². The number of hydrogen-bond acceptors (Lipinski definition) is 38. The normalized spacial score (nSPS) is 37.6. The zero-order chi connectivity index (χ0) is 83.8. The third kappa shape index (κ3) is 18.7. The fraction of sp³-hybridized carbons (Fsp3) is 0.667. The molecule has 22 saturated heterocycles. The van der Waals surface area contributed by atoms with Gasteiger partial charge in [0.05, 0.1) is 59.2 Å². The third-order valence-electron chi connectivity index (χ3n) is 20.9. The topological polar surface area (TPSA) is 567 Å². The highest BCUT2D eigenvalue weighted by atomic mass is 32.2. The molecule has 0 aliphatic carbocycles. The summed E-state index contributed by atoms with van der Waals surface area (Å²) in [5, 5.41) is 168. The Morgan fingerprint density at radius 3 is 0.526 bits per heavy atom. The first kappa shape index (κ1) is 90.2. The summed E-state index contributed by atoms with van der Waals surface area (Å²) < 4.78 is 210. The van der Waals surface area contributed by atoms with E-state index in [1.54, 1.807) is 27.7 Å². The second-order valence-corrected chi connectivity index (χ2v) is 36.2. The first-order valence-electron chi connectivity index (χ1n) is 36.4. The standard InChI is InChI=1S/C72H100O38S4/c1-27-13-31(5)63(32(6)14-27)111(87,88)95-23-41-59-49(79)55(85)71(103-41)109-61-43(25-97-113(91,92)65-35(9)17-29(3)18-36(65)10)101-69(53(83)47(61)77)106-58-40(22-74)100-68(52(82)46(58)76)108-60-42(24-96-112(89,90)64-33(7)15-28(2)16-34(64)8)104-72(56(86)50(60)80)110-62-44(26-98-114(93,94)66-37(11)19-30(4)20-38(66)12)102-70(54(84)48(62)78)105-57-39(21-73)99-67(107-59)51(81)45(57)75/h13-20,39-62,67-86H,21-26H2,1-12H3/t39-,40-,41-,42-,43-,44-,45-,46-,47-,48-,49-,50-,51-,52-,53-,54-,55-,56-,57-,58-,59-,60-,61-,62-,67-,68-,69-,70-,71-,72-/m1/s1. The molecule has 114 heavy (non-hydrogen) atoms. The Bertz CT molecular complexity index is 4000. The molecular weight excluding hydrogens is 1600 g/mol. The van der Waals surface area contributed by atoms with Crippen molar-refractivity contribution < 1.29 is 179 Å². The van der Waals surface area contributed by atoms with Gasteiger partial charge in [-0.05, 0) is 128 Å². The largest absolute Gasteiger partial charge is 0.394 e. The smallest absolute Gasteiger partial charge is 0.297 e. The van der Waals surface area contributed by atoms with Crippen LogP contribution in [0.25, 0.3) is 0 Å². The van der Waals surface area contributed by atoms with E-state index in [9.17, 15) is 105 Å². The van der Waals surface area contributed by atoms with Crippen molar-refractivity contribution in [3.8, 4) is 0 Å². The third-order valence-corrected chi connectivity index (χ3v) is 27.3. The summed E-state index contributed by atoms with van der Waals surface area (Å²) in [6, 6.07) is 12.2. The van der Waals surface area contributed by atoms with Gasteiger partial charge >= 0.3 is 0 Å². The van der Waals surface area contributed by atoms with Crippen molar-refractivity contribution in [2.24, 2.45) is 0 Å². The van der Waals surface area contributed by atoms with Gasteiger partial charge in [-0.25, -0.2) is 0 Å². The Balaban J connectivity index is 0.995. The average molecular weight is 1700 g/mol. The van der Waals surface area contributed by atoms with Crippen molar-refractivity contribution in [1.29, 1.82) is 0 Å². The fourth-order valence-electron chi connectivity index (χ4n) is 16.0. The lowest BCUT2D eigenvalue weighted by atomic mass is 9.94. The number of aliphatic hydroxyl groups is 14. The van der Waals surface area contributed by atoms with Crippen molar-refractivity contribution in [2.75, 3.05) is 39.6 Å². The molecule has 26 rings (SSSR count). The van der Waals surface area contributed by atoms with Crippen molar-refractivity contribution in [2.45, 2.75) is 287 Å². The maximum absolute atomic E-state index is 14.3. The quantitative estimate of drug-likeness (QED) is 0.0426. The molecule has 14 N–H and O–H groups in total. The fourth-order valence-corrected chi connectivity index (χ4v) is 21.3. The Morgan fingerprint density at radius 2 is 0.377 bits per heavy atom. The van der Waals surface area contributed by atoms with E-state index < -0.39 is 264 Å². The lowest BCUT2D eigenvalue weighted by Gasteiger charge is -2.51. The lowest BCUT2D eigenvalue weighted by molar-refractivity contribution is -0.403. The van der Waals surface area contributed by atoms with Crippen LogP contribution in [0, 0.1) is 83.1 Å². The van der Waals surface area contributed by atoms with Crippen LogP contribution in [0.1, 0.15) is 66.8 Å². The predicted octanol–water partition coefficient (Wildman–Crippen LogP) is -3.70. The highest BCUT2D eigenvalue weighted by Gasteiger charge is 2.60. The molecule has 22 aliphatic rings. The molecule has 0 saturated carbocycles. The van der Waals surface area contributed by atoms with Gasteiger partial charge in [-0.15, -0.1) is 0 Å². The SMILES string of the molecule is Cc1cc(C)c(S(=O)(=O)OC[C@H]2O[C@@H]3O[C@H]4[C@H](O)[C@@H](O)[C@@H](O[C@H]5[C@H](O)[C@@H](O)[C@@H](O[C@H]6[C@H](O)[C@@H](O)[C@@H](O[C@H]7[C@H](O)[C@@H](O)[C@@H](O[C@H]8[C@H](O)[C@@H](O)[C@@H](O[C@H]2[C@H](O)[C@H]3O)O[C@@H]8CO)O[C@@H]7COS(=O)(=O)c2c(C)cc(C)cc2C)O[C@@H]6COS(=O)(=O)c2c(C)cc(C)cc2C)O[C@@H]5CO)O[C@@H]4COS(=O)(=O)c2c(C)cc(C)cc2C)c(C)c1. The predicted molar refractivity (Wildman–Crippen MR) is 383 cm³/mol. The van der Waals surface area contributed by atoms with Gasteiger partial charge in [-0.3, -0.25) is 16.7 Å². The second-order valence-electron chi connectivity index (χ2n) is 30.0. The van der Waals surface area contributed by atoms with E-state index in [1.165, 1.54) is 104 Å². The molecule has 0 radical (unpaired) electrons. The van der Waals surface area contributed by atoms with E-state index in [-0.39, 0.29) is 64.1 Å². The Kier molecular flexibility index (Phi) is 28.2. The number of hydrogen-bond donors (Lipinski definition) is 14. The van der Waals surface area contributed by atoms with E-state index >= 15 is 0 Å². The van der Waals surface area contributed by atoms with Crippen LogP contribution in [0.2, 0.25) is 0 Å². The first-order valence-corrected chi connectivity index (χ1v) is 42.1. The summed E-state index contributed by atoms with van der Waals surface area (Å²) in [6.07, 6.45) is -69.2. The number of rotatable bonds is 18. The number of ether oxygens (including phenoxy) is 12. The molecule has 30 atom stereocenters. The second kappa shape index (κ2) is 35.7. The van der Waals surface area contributed by atoms with Gasteiger partial charge in [0.15, 0.2) is 37.7 Å². The highest BCUT2D eigenvalue weighted by molar-refractivity contribution is 7.87. The lowest BCUT2D eigenvalue weighted by Crippen LogP contribution is -2.69.